The molecule has 1 aliphatic heterocycles. The summed E-state index contributed by atoms with van der Waals surface area (Å²) in [6, 6.07) is 16.0. The molecule has 1 aliphatic rings. The summed E-state index contributed by atoms with van der Waals surface area (Å²) < 4.78 is 0. The molecule has 19 heavy (non-hydrogen) atoms. The molecule has 0 aromatic heterocycles. The van der Waals surface area contributed by atoms with Crippen LogP contribution in [0, 0.1) is 5.92 Å². The number of rotatable bonds is 2. The fourth-order valence-corrected chi connectivity index (χ4v) is 3.00. The molecule has 1 saturated heterocycles. The Morgan fingerprint density at radius 3 is 2.68 bits per heavy atom. The van der Waals surface area contributed by atoms with Gasteiger partial charge >= 0.3 is 0 Å². The molecule has 1 fully saturated rings. The first-order valence-corrected chi connectivity index (χ1v) is 7.22. The third kappa shape index (κ3) is 2.45. The molecule has 2 aromatic rings. The molecule has 0 amide bonds. The fraction of sp³-hybridized carbons (Fsp3) is 0.412. The minimum atomic E-state index is 0.593. The summed E-state index contributed by atoms with van der Waals surface area (Å²) in [7, 11) is 0. The summed E-state index contributed by atoms with van der Waals surface area (Å²) in [4.78, 5) is 2.56. The van der Waals surface area contributed by atoms with E-state index in [-0.39, 0.29) is 0 Å². The van der Waals surface area contributed by atoms with E-state index in [0.717, 1.165) is 19.6 Å². The summed E-state index contributed by atoms with van der Waals surface area (Å²) in [6.45, 7) is 7.89. The van der Waals surface area contributed by atoms with Gasteiger partial charge in [0, 0.05) is 31.4 Å². The third-order valence-corrected chi connectivity index (χ3v) is 4.12. The van der Waals surface area contributed by atoms with Gasteiger partial charge in [-0.3, -0.25) is 0 Å². The molecule has 2 heteroatoms. The van der Waals surface area contributed by atoms with Crippen LogP contribution < -0.4 is 10.2 Å². The predicted octanol–water partition coefficient (Wildman–Crippen LogP) is 3.27. The second-order valence-electron chi connectivity index (χ2n) is 5.74. The number of hydrogen-bond donors (Lipinski definition) is 1. The molecule has 0 radical (unpaired) electrons. The highest BCUT2D eigenvalue weighted by molar-refractivity contribution is 5.85. The van der Waals surface area contributed by atoms with Crippen molar-refractivity contribution in [2.24, 2.45) is 5.92 Å². The van der Waals surface area contributed by atoms with Gasteiger partial charge in [0.05, 0.1) is 0 Å². The Bertz CT molecular complexity index is 562. The maximum atomic E-state index is 3.51. The van der Waals surface area contributed by atoms with E-state index < -0.39 is 0 Å². The lowest BCUT2D eigenvalue weighted by Gasteiger charge is -2.40. The average Bonchev–Trinajstić information content (AvgIpc) is 2.46. The second-order valence-corrected chi connectivity index (χ2v) is 5.74. The molecule has 100 valence electrons. The van der Waals surface area contributed by atoms with Crippen LogP contribution in [0.25, 0.3) is 10.8 Å². The highest BCUT2D eigenvalue weighted by Crippen LogP contribution is 2.26. The number of nitrogens with zero attached hydrogens (tertiary/aromatic N) is 1. The first kappa shape index (κ1) is 12.5. The van der Waals surface area contributed by atoms with Crippen molar-refractivity contribution in [1.29, 1.82) is 0 Å². The molecule has 1 heterocycles. The number of benzene rings is 2. The van der Waals surface area contributed by atoms with Crippen LogP contribution in [0.5, 0.6) is 0 Å². The van der Waals surface area contributed by atoms with Crippen LogP contribution in [0.3, 0.4) is 0 Å². The van der Waals surface area contributed by atoms with Crippen LogP contribution in [0.15, 0.2) is 42.5 Å². The Labute approximate surface area is 115 Å². The number of piperazine rings is 1. The summed E-state index contributed by atoms with van der Waals surface area (Å²) in [5.41, 5.74) is 1.36. The van der Waals surface area contributed by atoms with E-state index in [1.54, 1.807) is 0 Å². The van der Waals surface area contributed by atoms with Crippen LogP contribution in [-0.2, 0) is 0 Å². The zero-order valence-electron chi connectivity index (χ0n) is 11.8. The molecule has 0 saturated carbocycles. The van der Waals surface area contributed by atoms with E-state index in [1.807, 2.05) is 0 Å². The van der Waals surface area contributed by atoms with Gasteiger partial charge in [0.15, 0.2) is 0 Å². The second kappa shape index (κ2) is 5.22. The first-order valence-electron chi connectivity index (χ1n) is 7.22. The molecule has 1 unspecified atom stereocenters. The van der Waals surface area contributed by atoms with Crippen LogP contribution in [0.1, 0.15) is 13.8 Å². The van der Waals surface area contributed by atoms with E-state index in [0.29, 0.717) is 12.0 Å². The highest BCUT2D eigenvalue weighted by Gasteiger charge is 2.24. The van der Waals surface area contributed by atoms with Crippen molar-refractivity contribution in [1.82, 2.24) is 5.32 Å². The van der Waals surface area contributed by atoms with E-state index in [4.69, 9.17) is 0 Å². The predicted molar refractivity (Wildman–Crippen MR) is 82.8 cm³/mol. The quantitative estimate of drug-likeness (QED) is 0.885. The summed E-state index contributed by atoms with van der Waals surface area (Å²) in [6.07, 6.45) is 0. The number of hydrogen-bond acceptors (Lipinski definition) is 2. The van der Waals surface area contributed by atoms with E-state index >= 15 is 0 Å². The largest absolute Gasteiger partial charge is 0.366 e. The topological polar surface area (TPSA) is 15.3 Å². The standard InChI is InChI=1S/C17H22N2/c1-13(2)17-12-18-9-10-19(17)16-8-7-14-5-3-4-6-15(14)11-16/h3-8,11,13,17-18H,9-10,12H2,1-2H3. The van der Waals surface area contributed by atoms with Crippen molar-refractivity contribution in [3.63, 3.8) is 0 Å². The zero-order valence-corrected chi connectivity index (χ0v) is 11.8. The van der Waals surface area contributed by atoms with E-state index in [1.165, 1.54) is 16.5 Å². The lowest BCUT2D eigenvalue weighted by molar-refractivity contribution is 0.390. The van der Waals surface area contributed by atoms with Crippen LogP contribution >= 0.6 is 0 Å². The van der Waals surface area contributed by atoms with E-state index in [2.05, 4.69) is 66.5 Å². The van der Waals surface area contributed by atoms with Crippen LogP contribution in [-0.4, -0.2) is 25.7 Å². The van der Waals surface area contributed by atoms with Gasteiger partial charge < -0.3 is 10.2 Å². The van der Waals surface area contributed by atoms with Crippen molar-refractivity contribution in [2.75, 3.05) is 24.5 Å². The van der Waals surface area contributed by atoms with Gasteiger partial charge in [0.2, 0.25) is 0 Å². The molecule has 0 bridgehead atoms. The molecule has 0 spiro atoms. The maximum Gasteiger partial charge on any atom is 0.0438 e. The number of nitrogens with one attached hydrogen (secondary N) is 1. The minimum Gasteiger partial charge on any atom is -0.366 e. The molecule has 0 aliphatic carbocycles. The molecule has 1 atom stereocenters. The van der Waals surface area contributed by atoms with Crippen molar-refractivity contribution in [3.8, 4) is 0 Å². The number of anilines is 1. The number of fused-ring (bicyclic) bond motifs is 1. The lowest BCUT2D eigenvalue weighted by atomic mass is 9.99. The Hall–Kier alpha value is -1.54. The summed E-state index contributed by atoms with van der Waals surface area (Å²) in [5.74, 6) is 0.666. The van der Waals surface area contributed by atoms with Crippen LogP contribution in [0.4, 0.5) is 5.69 Å². The normalized spacial score (nSPS) is 20.2. The SMILES string of the molecule is CC(C)C1CNCCN1c1ccc2ccccc2c1. The molecular weight excluding hydrogens is 232 g/mol. The van der Waals surface area contributed by atoms with Crippen molar-refractivity contribution in [3.05, 3.63) is 42.5 Å². The minimum absolute atomic E-state index is 0.593. The Morgan fingerprint density at radius 2 is 1.89 bits per heavy atom. The molecule has 3 rings (SSSR count). The van der Waals surface area contributed by atoms with Crippen molar-refractivity contribution in [2.45, 2.75) is 19.9 Å². The fourth-order valence-electron chi connectivity index (χ4n) is 3.00. The Kier molecular flexibility index (Phi) is 3.43. The van der Waals surface area contributed by atoms with Gasteiger partial charge in [-0.15, -0.1) is 0 Å². The van der Waals surface area contributed by atoms with Gasteiger partial charge in [-0.05, 0) is 28.8 Å². The Morgan fingerprint density at radius 1 is 1.11 bits per heavy atom. The molecular formula is C17H22N2. The summed E-state index contributed by atoms with van der Waals surface area (Å²) >= 11 is 0. The zero-order chi connectivity index (χ0) is 13.2. The van der Waals surface area contributed by atoms with E-state index in [9.17, 15) is 0 Å². The third-order valence-electron chi connectivity index (χ3n) is 4.12. The lowest BCUT2D eigenvalue weighted by Crippen LogP contribution is -2.53. The van der Waals surface area contributed by atoms with Crippen molar-refractivity contribution < 1.29 is 0 Å². The van der Waals surface area contributed by atoms with Gasteiger partial charge in [-0.1, -0.05) is 44.2 Å². The Balaban J connectivity index is 1.97. The van der Waals surface area contributed by atoms with Crippen LogP contribution in [0.2, 0.25) is 0 Å². The maximum absolute atomic E-state index is 3.51. The van der Waals surface area contributed by atoms with Crippen molar-refractivity contribution >= 4 is 16.5 Å². The highest BCUT2D eigenvalue weighted by atomic mass is 15.2. The molecule has 1 N–H and O–H groups in total. The summed E-state index contributed by atoms with van der Waals surface area (Å²) in [5, 5.41) is 6.17. The van der Waals surface area contributed by atoms with Gasteiger partial charge in [0.1, 0.15) is 0 Å². The molecule has 2 nitrogen and oxygen atoms in total. The molecule has 2 aromatic carbocycles. The average molecular weight is 254 g/mol. The first-order chi connectivity index (χ1) is 9.25. The monoisotopic (exact) mass is 254 g/mol. The smallest absolute Gasteiger partial charge is 0.0438 e. The van der Waals surface area contributed by atoms with Gasteiger partial charge in [-0.2, -0.15) is 0 Å². The van der Waals surface area contributed by atoms with Gasteiger partial charge in [-0.25, -0.2) is 0 Å². The van der Waals surface area contributed by atoms with Gasteiger partial charge in [0.25, 0.3) is 0 Å².